The molecule has 2 N–H and O–H groups in total. The molecule has 0 aliphatic carbocycles. The zero-order chi connectivity index (χ0) is 15.2. The average Bonchev–Trinajstić information content (AvgIpc) is 2.48. The Hall–Kier alpha value is -2.07. The van der Waals surface area contributed by atoms with E-state index in [2.05, 4.69) is 15.6 Å². The SMILES string of the molecule is C[C@@H](NC(=O)N[C@H](C)c1ccccn1)c1ccc(Cl)cc1. The van der Waals surface area contributed by atoms with Crippen LogP contribution in [0.25, 0.3) is 0 Å². The monoisotopic (exact) mass is 303 g/mol. The summed E-state index contributed by atoms with van der Waals surface area (Å²) in [5.74, 6) is 0. The number of hydrogen-bond donors (Lipinski definition) is 2. The van der Waals surface area contributed by atoms with Crippen LogP contribution in [0.4, 0.5) is 4.79 Å². The maximum atomic E-state index is 12.0. The predicted molar refractivity (Wildman–Crippen MR) is 84.2 cm³/mol. The van der Waals surface area contributed by atoms with Crippen molar-refractivity contribution in [1.29, 1.82) is 0 Å². The van der Waals surface area contributed by atoms with Crippen molar-refractivity contribution in [2.75, 3.05) is 0 Å². The van der Waals surface area contributed by atoms with Gasteiger partial charge in [-0.25, -0.2) is 4.79 Å². The Morgan fingerprint density at radius 3 is 2.33 bits per heavy atom. The minimum atomic E-state index is -0.226. The van der Waals surface area contributed by atoms with E-state index in [-0.39, 0.29) is 18.1 Å². The van der Waals surface area contributed by atoms with Gasteiger partial charge in [0.15, 0.2) is 0 Å². The van der Waals surface area contributed by atoms with Crippen molar-refractivity contribution in [1.82, 2.24) is 15.6 Å². The number of aromatic nitrogens is 1. The Labute approximate surface area is 129 Å². The van der Waals surface area contributed by atoms with E-state index in [9.17, 15) is 4.79 Å². The first-order valence-electron chi connectivity index (χ1n) is 6.79. The quantitative estimate of drug-likeness (QED) is 0.901. The number of amides is 2. The molecule has 2 atom stereocenters. The molecule has 0 aliphatic heterocycles. The number of halogens is 1. The molecule has 2 aromatic rings. The highest BCUT2D eigenvalue weighted by molar-refractivity contribution is 6.30. The molecule has 1 heterocycles. The summed E-state index contributed by atoms with van der Waals surface area (Å²) in [5, 5.41) is 6.44. The number of nitrogens with zero attached hydrogens (tertiary/aromatic N) is 1. The number of urea groups is 1. The number of carbonyl (C=O) groups excluding carboxylic acids is 1. The van der Waals surface area contributed by atoms with Gasteiger partial charge in [-0.15, -0.1) is 0 Å². The van der Waals surface area contributed by atoms with Gasteiger partial charge in [-0.05, 0) is 43.7 Å². The van der Waals surface area contributed by atoms with Crippen LogP contribution in [0.1, 0.15) is 37.2 Å². The molecule has 2 rings (SSSR count). The standard InChI is InChI=1S/C16H18ClN3O/c1-11(13-6-8-14(17)9-7-13)19-16(21)20-12(2)15-5-3-4-10-18-15/h3-12H,1-2H3,(H2,19,20,21)/t11-,12-/m1/s1. The topological polar surface area (TPSA) is 54.0 Å². The summed E-state index contributed by atoms with van der Waals surface area (Å²) in [6.07, 6.45) is 1.71. The molecule has 0 saturated carbocycles. The predicted octanol–water partition coefficient (Wildman–Crippen LogP) is 3.86. The molecule has 0 bridgehead atoms. The lowest BCUT2D eigenvalue weighted by Gasteiger charge is -2.18. The maximum absolute atomic E-state index is 12.0. The fourth-order valence-electron chi connectivity index (χ4n) is 1.98. The molecular weight excluding hydrogens is 286 g/mol. The number of hydrogen-bond acceptors (Lipinski definition) is 2. The highest BCUT2D eigenvalue weighted by Crippen LogP contribution is 2.16. The van der Waals surface area contributed by atoms with Gasteiger partial charge >= 0.3 is 6.03 Å². The second-order valence-electron chi connectivity index (χ2n) is 4.87. The lowest BCUT2D eigenvalue weighted by Crippen LogP contribution is -2.38. The highest BCUT2D eigenvalue weighted by Gasteiger charge is 2.13. The van der Waals surface area contributed by atoms with E-state index in [4.69, 9.17) is 11.6 Å². The Bertz CT molecular complexity index is 586. The fourth-order valence-corrected chi connectivity index (χ4v) is 2.10. The smallest absolute Gasteiger partial charge is 0.315 e. The second kappa shape index (κ2) is 7.09. The lowest BCUT2D eigenvalue weighted by atomic mass is 10.1. The van der Waals surface area contributed by atoms with Crippen molar-refractivity contribution >= 4 is 17.6 Å². The van der Waals surface area contributed by atoms with Crippen LogP contribution >= 0.6 is 11.6 Å². The number of benzene rings is 1. The first-order chi connectivity index (χ1) is 10.1. The number of rotatable bonds is 4. The summed E-state index contributed by atoms with van der Waals surface area (Å²) in [7, 11) is 0. The van der Waals surface area contributed by atoms with Gasteiger partial charge in [0.1, 0.15) is 0 Å². The molecule has 4 nitrogen and oxygen atoms in total. The summed E-state index contributed by atoms with van der Waals surface area (Å²) >= 11 is 5.85. The zero-order valence-electron chi connectivity index (χ0n) is 12.0. The Morgan fingerprint density at radius 2 is 1.71 bits per heavy atom. The van der Waals surface area contributed by atoms with E-state index in [0.717, 1.165) is 11.3 Å². The summed E-state index contributed by atoms with van der Waals surface area (Å²) in [4.78, 5) is 16.2. The number of nitrogens with one attached hydrogen (secondary N) is 2. The van der Waals surface area contributed by atoms with Gasteiger partial charge in [0, 0.05) is 11.2 Å². The van der Waals surface area contributed by atoms with Gasteiger partial charge in [0.25, 0.3) is 0 Å². The molecule has 0 aliphatic rings. The summed E-state index contributed by atoms with van der Waals surface area (Å²) in [6.45, 7) is 3.82. The highest BCUT2D eigenvalue weighted by atomic mass is 35.5. The largest absolute Gasteiger partial charge is 0.332 e. The van der Waals surface area contributed by atoms with Crippen molar-refractivity contribution in [3.63, 3.8) is 0 Å². The van der Waals surface area contributed by atoms with Crippen LogP contribution in [0.15, 0.2) is 48.7 Å². The summed E-state index contributed by atoms with van der Waals surface area (Å²) in [5.41, 5.74) is 1.83. The van der Waals surface area contributed by atoms with Gasteiger partial charge in [0.2, 0.25) is 0 Å². The van der Waals surface area contributed by atoms with Crippen LogP contribution in [0.3, 0.4) is 0 Å². The first-order valence-corrected chi connectivity index (χ1v) is 7.17. The molecule has 1 aromatic heterocycles. The van der Waals surface area contributed by atoms with Crippen molar-refractivity contribution < 1.29 is 4.79 Å². The summed E-state index contributed by atoms with van der Waals surface area (Å²) < 4.78 is 0. The minimum Gasteiger partial charge on any atom is -0.332 e. The Balaban J connectivity index is 1.91. The molecule has 0 unspecified atom stereocenters. The van der Waals surface area contributed by atoms with E-state index < -0.39 is 0 Å². The molecule has 0 saturated heterocycles. The van der Waals surface area contributed by atoms with Crippen LogP contribution in [0.5, 0.6) is 0 Å². The van der Waals surface area contributed by atoms with Gasteiger partial charge < -0.3 is 10.6 Å². The zero-order valence-corrected chi connectivity index (χ0v) is 12.8. The summed E-state index contributed by atoms with van der Waals surface area (Å²) in [6, 6.07) is 12.6. The average molecular weight is 304 g/mol. The van der Waals surface area contributed by atoms with Gasteiger partial charge in [0.05, 0.1) is 17.8 Å². The normalized spacial score (nSPS) is 13.3. The van der Waals surface area contributed by atoms with Crippen LogP contribution in [-0.4, -0.2) is 11.0 Å². The molecule has 1 aromatic carbocycles. The van der Waals surface area contributed by atoms with Crippen molar-refractivity contribution in [3.05, 3.63) is 64.9 Å². The molecular formula is C16H18ClN3O. The number of pyridine rings is 1. The van der Waals surface area contributed by atoms with E-state index in [0.29, 0.717) is 5.02 Å². The molecule has 110 valence electrons. The van der Waals surface area contributed by atoms with Crippen LogP contribution in [0.2, 0.25) is 5.02 Å². The van der Waals surface area contributed by atoms with Crippen LogP contribution < -0.4 is 10.6 Å². The maximum Gasteiger partial charge on any atom is 0.315 e. The molecule has 0 radical (unpaired) electrons. The van der Waals surface area contributed by atoms with Crippen molar-refractivity contribution in [2.24, 2.45) is 0 Å². The van der Waals surface area contributed by atoms with Crippen LogP contribution in [0, 0.1) is 0 Å². The number of carbonyl (C=O) groups is 1. The Kier molecular flexibility index (Phi) is 5.17. The Morgan fingerprint density at radius 1 is 1.05 bits per heavy atom. The second-order valence-corrected chi connectivity index (χ2v) is 5.30. The third kappa shape index (κ3) is 4.46. The fraction of sp³-hybridized carbons (Fsp3) is 0.250. The van der Waals surface area contributed by atoms with E-state index in [1.807, 2.05) is 56.3 Å². The lowest BCUT2D eigenvalue weighted by molar-refractivity contribution is 0.234. The van der Waals surface area contributed by atoms with Crippen molar-refractivity contribution in [3.8, 4) is 0 Å². The third-order valence-corrected chi connectivity index (χ3v) is 3.45. The molecule has 21 heavy (non-hydrogen) atoms. The van der Waals surface area contributed by atoms with Gasteiger partial charge in [-0.1, -0.05) is 29.8 Å². The molecule has 0 fully saturated rings. The molecule has 2 amide bonds. The first kappa shape index (κ1) is 15.3. The molecule has 0 spiro atoms. The van der Waals surface area contributed by atoms with Crippen molar-refractivity contribution in [2.45, 2.75) is 25.9 Å². The third-order valence-electron chi connectivity index (χ3n) is 3.20. The van der Waals surface area contributed by atoms with E-state index in [1.54, 1.807) is 6.20 Å². The van der Waals surface area contributed by atoms with Crippen LogP contribution in [-0.2, 0) is 0 Å². The van der Waals surface area contributed by atoms with Gasteiger partial charge in [-0.2, -0.15) is 0 Å². The van der Waals surface area contributed by atoms with Gasteiger partial charge in [-0.3, -0.25) is 4.98 Å². The van der Waals surface area contributed by atoms with E-state index >= 15 is 0 Å². The molecule has 5 heteroatoms. The minimum absolute atomic E-state index is 0.0989. The van der Waals surface area contributed by atoms with E-state index in [1.165, 1.54) is 0 Å².